The standard InChI is InChI=1S/C5H7ClN2O/c1-3-2-4(6)7-8-5(3)9/h2-3,7H,1H3,(H,8,9). The Kier molecular flexibility index (Phi) is 1.62. The van der Waals surface area contributed by atoms with Crippen molar-refractivity contribution in [2.75, 3.05) is 0 Å². The van der Waals surface area contributed by atoms with Crippen molar-refractivity contribution in [3.8, 4) is 0 Å². The van der Waals surface area contributed by atoms with Gasteiger partial charge < -0.3 is 0 Å². The lowest BCUT2D eigenvalue weighted by molar-refractivity contribution is -0.124. The molecule has 0 saturated carbocycles. The highest BCUT2D eigenvalue weighted by Crippen LogP contribution is 2.07. The Morgan fingerprint density at radius 3 is 2.78 bits per heavy atom. The summed E-state index contributed by atoms with van der Waals surface area (Å²) in [6, 6.07) is 0. The van der Waals surface area contributed by atoms with Crippen LogP contribution in [-0.2, 0) is 4.79 Å². The van der Waals surface area contributed by atoms with Gasteiger partial charge in [0.1, 0.15) is 5.16 Å². The van der Waals surface area contributed by atoms with Gasteiger partial charge in [0.2, 0.25) is 5.91 Å². The lowest BCUT2D eigenvalue weighted by atomic mass is 10.1. The summed E-state index contributed by atoms with van der Waals surface area (Å²) in [6.07, 6.45) is 1.65. The van der Waals surface area contributed by atoms with Gasteiger partial charge in [0.25, 0.3) is 0 Å². The second-order valence-electron chi connectivity index (χ2n) is 1.92. The van der Waals surface area contributed by atoms with Gasteiger partial charge in [-0.1, -0.05) is 11.6 Å². The van der Waals surface area contributed by atoms with E-state index >= 15 is 0 Å². The number of hydrogen-bond donors (Lipinski definition) is 2. The van der Waals surface area contributed by atoms with Gasteiger partial charge in [-0.3, -0.25) is 15.6 Å². The van der Waals surface area contributed by atoms with Crippen molar-refractivity contribution in [1.29, 1.82) is 0 Å². The van der Waals surface area contributed by atoms with Crippen LogP contribution in [0.15, 0.2) is 11.2 Å². The van der Waals surface area contributed by atoms with Crippen LogP contribution in [0.2, 0.25) is 0 Å². The second-order valence-corrected chi connectivity index (χ2v) is 2.32. The zero-order valence-electron chi connectivity index (χ0n) is 4.94. The number of hydrazine groups is 1. The molecule has 1 rings (SSSR count). The summed E-state index contributed by atoms with van der Waals surface area (Å²) < 4.78 is 0. The van der Waals surface area contributed by atoms with E-state index < -0.39 is 0 Å². The maximum Gasteiger partial charge on any atom is 0.245 e. The van der Waals surface area contributed by atoms with Crippen molar-refractivity contribution in [1.82, 2.24) is 10.9 Å². The molecule has 1 unspecified atom stereocenters. The third-order valence-corrected chi connectivity index (χ3v) is 1.34. The minimum atomic E-state index is -0.126. The van der Waals surface area contributed by atoms with Crippen LogP contribution in [0.1, 0.15) is 6.92 Å². The maximum atomic E-state index is 10.7. The SMILES string of the molecule is CC1C=C(Cl)NNC1=O. The zero-order chi connectivity index (χ0) is 6.85. The molecule has 1 heterocycles. The van der Waals surface area contributed by atoms with Crippen molar-refractivity contribution in [3.05, 3.63) is 11.2 Å². The summed E-state index contributed by atoms with van der Waals surface area (Å²) >= 11 is 5.51. The lowest BCUT2D eigenvalue weighted by Crippen LogP contribution is -2.42. The highest BCUT2D eigenvalue weighted by molar-refractivity contribution is 6.29. The molecule has 0 aromatic carbocycles. The zero-order valence-corrected chi connectivity index (χ0v) is 5.70. The molecule has 9 heavy (non-hydrogen) atoms. The number of hydrogen-bond acceptors (Lipinski definition) is 2. The Hall–Kier alpha value is -0.700. The van der Waals surface area contributed by atoms with E-state index in [0.29, 0.717) is 5.16 Å². The molecule has 50 valence electrons. The van der Waals surface area contributed by atoms with Gasteiger partial charge in [0.15, 0.2) is 0 Å². The molecule has 2 N–H and O–H groups in total. The number of nitrogens with one attached hydrogen (secondary N) is 2. The number of rotatable bonds is 0. The molecule has 0 aromatic rings. The fraction of sp³-hybridized carbons (Fsp3) is 0.400. The molecule has 0 spiro atoms. The molecule has 1 aliphatic heterocycles. The van der Waals surface area contributed by atoms with Crippen LogP contribution < -0.4 is 10.9 Å². The molecule has 0 saturated heterocycles. The van der Waals surface area contributed by atoms with Crippen LogP contribution >= 0.6 is 11.6 Å². The van der Waals surface area contributed by atoms with Gasteiger partial charge in [-0.05, 0) is 13.0 Å². The molecule has 0 fully saturated rings. The van der Waals surface area contributed by atoms with Crippen LogP contribution in [0, 0.1) is 5.92 Å². The Balaban J connectivity index is 2.69. The summed E-state index contributed by atoms with van der Waals surface area (Å²) in [5.74, 6) is -0.182. The second kappa shape index (κ2) is 2.27. The van der Waals surface area contributed by atoms with Gasteiger partial charge in [-0.25, -0.2) is 0 Å². The van der Waals surface area contributed by atoms with E-state index in [0.717, 1.165) is 0 Å². The van der Waals surface area contributed by atoms with Crippen molar-refractivity contribution in [3.63, 3.8) is 0 Å². The fourth-order valence-corrected chi connectivity index (χ4v) is 0.808. The monoisotopic (exact) mass is 146 g/mol. The van der Waals surface area contributed by atoms with Crippen LogP contribution in [0.5, 0.6) is 0 Å². The van der Waals surface area contributed by atoms with Crippen LogP contribution in [0.4, 0.5) is 0 Å². The number of halogens is 1. The number of carbonyl (C=O) groups excluding carboxylic acids is 1. The van der Waals surface area contributed by atoms with Gasteiger partial charge >= 0.3 is 0 Å². The van der Waals surface area contributed by atoms with Crippen molar-refractivity contribution < 1.29 is 4.79 Å². The smallest absolute Gasteiger partial charge is 0.245 e. The first-order chi connectivity index (χ1) is 4.20. The molecule has 1 atom stereocenters. The molecule has 3 nitrogen and oxygen atoms in total. The van der Waals surface area contributed by atoms with Gasteiger partial charge in [-0.2, -0.15) is 0 Å². The highest BCUT2D eigenvalue weighted by Gasteiger charge is 2.14. The largest absolute Gasteiger partial charge is 0.288 e. The van der Waals surface area contributed by atoms with Gasteiger partial charge in [-0.15, -0.1) is 0 Å². The molecule has 4 heteroatoms. The van der Waals surface area contributed by atoms with Gasteiger partial charge in [0.05, 0.1) is 5.92 Å². The van der Waals surface area contributed by atoms with E-state index in [9.17, 15) is 4.79 Å². The van der Waals surface area contributed by atoms with E-state index in [1.54, 1.807) is 13.0 Å². The molecular formula is C5H7ClN2O. The third-order valence-electron chi connectivity index (χ3n) is 1.12. The first kappa shape index (κ1) is 6.42. The Morgan fingerprint density at radius 1 is 1.67 bits per heavy atom. The fourth-order valence-electron chi connectivity index (χ4n) is 0.572. The van der Waals surface area contributed by atoms with Crippen LogP contribution in [-0.4, -0.2) is 5.91 Å². The number of carbonyl (C=O) groups is 1. The lowest BCUT2D eigenvalue weighted by Gasteiger charge is -2.15. The average molecular weight is 147 g/mol. The highest BCUT2D eigenvalue weighted by atomic mass is 35.5. The van der Waals surface area contributed by atoms with E-state index in [1.165, 1.54) is 0 Å². The summed E-state index contributed by atoms with van der Waals surface area (Å²) in [5.41, 5.74) is 4.88. The molecule has 0 aromatic heterocycles. The quantitative estimate of drug-likeness (QED) is 0.484. The van der Waals surface area contributed by atoms with Crippen molar-refractivity contribution >= 4 is 17.5 Å². The summed E-state index contributed by atoms with van der Waals surface area (Å²) in [7, 11) is 0. The van der Waals surface area contributed by atoms with E-state index in [-0.39, 0.29) is 11.8 Å². The summed E-state index contributed by atoms with van der Waals surface area (Å²) in [6.45, 7) is 1.78. The van der Waals surface area contributed by atoms with Crippen LogP contribution in [0.25, 0.3) is 0 Å². The third kappa shape index (κ3) is 1.36. The Morgan fingerprint density at radius 2 is 2.33 bits per heavy atom. The molecule has 0 bridgehead atoms. The first-order valence-electron chi connectivity index (χ1n) is 2.63. The topological polar surface area (TPSA) is 41.1 Å². The molecule has 0 aliphatic carbocycles. The predicted molar refractivity (Wildman–Crippen MR) is 34.4 cm³/mol. The Labute approximate surface area is 58.0 Å². The maximum absolute atomic E-state index is 10.7. The average Bonchev–Trinajstić information content (AvgIpc) is 1.80. The minimum absolute atomic E-state index is 0.0561. The van der Waals surface area contributed by atoms with Crippen molar-refractivity contribution in [2.45, 2.75) is 6.92 Å². The minimum Gasteiger partial charge on any atom is -0.288 e. The van der Waals surface area contributed by atoms with Crippen LogP contribution in [0.3, 0.4) is 0 Å². The van der Waals surface area contributed by atoms with Crippen molar-refractivity contribution in [2.24, 2.45) is 5.92 Å². The molecule has 1 amide bonds. The first-order valence-corrected chi connectivity index (χ1v) is 3.01. The van der Waals surface area contributed by atoms with Gasteiger partial charge in [0, 0.05) is 0 Å². The molecule has 0 radical (unpaired) electrons. The molecule has 1 aliphatic rings. The number of amides is 1. The normalized spacial score (nSPS) is 26.2. The predicted octanol–water partition coefficient (Wildman–Crippen LogP) is 0.337. The van der Waals surface area contributed by atoms with E-state index in [4.69, 9.17) is 11.6 Å². The Bertz CT molecular complexity index is 166. The van der Waals surface area contributed by atoms with E-state index in [1.807, 2.05) is 0 Å². The molecular weight excluding hydrogens is 140 g/mol. The summed E-state index contributed by atoms with van der Waals surface area (Å²) in [5, 5.41) is 0.474. The van der Waals surface area contributed by atoms with E-state index in [2.05, 4.69) is 10.9 Å². The summed E-state index contributed by atoms with van der Waals surface area (Å²) in [4.78, 5) is 10.7.